The molecule has 28 heteroatoms. The molecule has 2 aliphatic rings. The van der Waals surface area contributed by atoms with Gasteiger partial charge in [-0.25, -0.2) is 9.13 Å². The summed E-state index contributed by atoms with van der Waals surface area (Å²) in [5, 5.41) is 50.2. The smallest absolute Gasteiger partial charge is 0.462 e. The number of phosphoric acid groups is 2. The number of carbonyl (C=O) groups excluding carboxylic acids is 5. The third kappa shape index (κ3) is 51.6. The van der Waals surface area contributed by atoms with Crippen LogP contribution >= 0.6 is 15.6 Å². The van der Waals surface area contributed by atoms with Gasteiger partial charge in [-0.05, 0) is 50.2 Å². The SMILES string of the molecule is CCCCCCCCCCCCCC(=O)OC(CCCCCCCCCCC)CC(=O)OC1C(NC(=O)CC(CCCCCCCCCCC)OC(=O)CCCCCCCCCCC)[C@H](OCC2ON(OP(=O)(O)O)[C@@H](NC(=O)CC(O)CCCCCCCCCCC)C(O)[C@@H]2O)OC(CO)[C@H]1OP(=O)(O)O. The number of rotatable bonds is 71. The van der Waals surface area contributed by atoms with E-state index in [2.05, 4.69) is 45.3 Å². The van der Waals surface area contributed by atoms with Crippen molar-refractivity contribution in [3.63, 3.8) is 0 Å². The zero-order valence-corrected chi connectivity index (χ0v) is 68.6. The molecular formula is C79H151N3O23P2. The minimum absolute atomic E-state index is 0.0730. The second-order valence-corrected chi connectivity index (χ2v) is 32.7. The molecule has 2 amide bonds. The van der Waals surface area contributed by atoms with Crippen molar-refractivity contribution in [2.75, 3.05) is 13.2 Å². The summed E-state index contributed by atoms with van der Waals surface area (Å²) < 4.78 is 66.2. The normalized spacial score (nSPS) is 20.9. The quantitative estimate of drug-likeness (QED) is 0.0117. The summed E-state index contributed by atoms with van der Waals surface area (Å²) in [5.74, 6) is -3.88. The number of hydrogen-bond acceptors (Lipinski definition) is 20. The summed E-state index contributed by atoms with van der Waals surface area (Å²) in [5.41, 5.74) is 0. The van der Waals surface area contributed by atoms with Crippen molar-refractivity contribution in [2.45, 2.75) is 461 Å². The van der Waals surface area contributed by atoms with Crippen LogP contribution in [-0.2, 0) is 70.8 Å². The molecule has 2 heterocycles. The lowest BCUT2D eigenvalue weighted by molar-refractivity contribution is -0.424. The van der Waals surface area contributed by atoms with Crippen molar-refractivity contribution < 1.29 is 111 Å². The first-order valence-corrected chi connectivity index (χ1v) is 45.6. The topological polar surface area (TPSA) is 382 Å². The molecule has 0 spiro atoms. The van der Waals surface area contributed by atoms with Crippen LogP contribution in [0.5, 0.6) is 0 Å². The molecule has 2 saturated heterocycles. The summed E-state index contributed by atoms with van der Waals surface area (Å²) >= 11 is 0. The molecule has 0 aromatic heterocycles. The Morgan fingerprint density at radius 3 is 1.18 bits per heavy atom. The van der Waals surface area contributed by atoms with E-state index >= 15 is 0 Å². The Kier molecular flexibility index (Phi) is 59.7. The molecule has 0 aromatic carbocycles. The Labute approximate surface area is 643 Å². The molecule has 2 rings (SSSR count). The van der Waals surface area contributed by atoms with Crippen molar-refractivity contribution >= 4 is 45.4 Å². The van der Waals surface area contributed by atoms with Crippen LogP contribution < -0.4 is 10.6 Å². The highest BCUT2D eigenvalue weighted by Crippen LogP contribution is 2.43. The van der Waals surface area contributed by atoms with Crippen molar-refractivity contribution in [1.29, 1.82) is 0 Å². The zero-order valence-electron chi connectivity index (χ0n) is 66.8. The number of esters is 3. The lowest BCUT2D eigenvalue weighted by Gasteiger charge is -2.46. The molecule has 10 N–H and O–H groups in total. The summed E-state index contributed by atoms with van der Waals surface area (Å²) in [6.07, 6.45) is 28.1. The molecule has 0 saturated carbocycles. The van der Waals surface area contributed by atoms with Gasteiger partial charge in [0.05, 0.1) is 38.6 Å². The van der Waals surface area contributed by atoms with Gasteiger partial charge >= 0.3 is 33.6 Å². The summed E-state index contributed by atoms with van der Waals surface area (Å²) in [4.78, 5) is 117. The number of nitrogens with zero attached hydrogens (tertiary/aromatic N) is 1. The number of unbranched alkanes of at least 4 members (excludes halogenated alkanes) is 42. The maximum atomic E-state index is 14.9. The maximum absolute atomic E-state index is 14.9. The second kappa shape index (κ2) is 63.6. The van der Waals surface area contributed by atoms with Gasteiger partial charge in [0.25, 0.3) is 0 Å². The number of carbonyl (C=O) groups is 5. The van der Waals surface area contributed by atoms with Crippen molar-refractivity contribution in [3.8, 4) is 0 Å². The van der Waals surface area contributed by atoms with E-state index in [0.717, 1.165) is 193 Å². The first-order valence-electron chi connectivity index (χ1n) is 42.5. The standard InChI is InChI=1S/C79H151N3O23P2/c1-6-11-16-21-26-31-32-37-42-47-52-57-71(88)100-65(55-50-45-40-35-29-24-19-14-9-4)60-72(89)102-77-73(80-69(86)59-64(54-49-44-39-34-28-23-18-13-8-3)99-70(87)56-51-46-41-36-30-25-20-15-10-5)79(101-66(61-83)76(77)104-106(92,93)94)98-62-67-74(90)75(91)78(82(103-67)105-107(95,96)97)81-68(85)58-63(84)53-48-43-38-33-27-22-17-12-7-2/h63-67,73-79,83-84,90-91H,6-62H2,1-5H3,(H,80,86)(H,81,85)(H2,92,93,94)(H2,95,96,97)/t63?,64?,65?,66?,67?,73?,74-,75?,76-,77?,78-,79-/m1/s1. The fourth-order valence-corrected chi connectivity index (χ4v) is 15.0. The van der Waals surface area contributed by atoms with Crippen LogP contribution in [0.25, 0.3) is 0 Å². The van der Waals surface area contributed by atoms with E-state index in [1.54, 1.807) is 0 Å². The Morgan fingerprint density at radius 2 is 0.794 bits per heavy atom. The van der Waals surface area contributed by atoms with E-state index in [4.69, 9.17) is 37.7 Å². The van der Waals surface area contributed by atoms with Gasteiger partial charge < -0.3 is 74.3 Å². The molecule has 2 aliphatic heterocycles. The molecule has 0 radical (unpaired) electrons. The van der Waals surface area contributed by atoms with Gasteiger partial charge in [0, 0.05) is 12.8 Å². The largest absolute Gasteiger partial charge is 0.488 e. The highest BCUT2D eigenvalue weighted by molar-refractivity contribution is 7.46. The van der Waals surface area contributed by atoms with Gasteiger partial charge in [0.15, 0.2) is 18.6 Å². The fraction of sp³-hybridized carbons (Fsp3) is 0.937. The number of hydroxylamine groups is 2. The Bertz CT molecular complexity index is 2340. The lowest BCUT2D eigenvalue weighted by atomic mass is 9.95. The summed E-state index contributed by atoms with van der Waals surface area (Å²) in [6, 6.07) is -1.88. The van der Waals surface area contributed by atoms with E-state index in [1.807, 2.05) is 0 Å². The monoisotopic (exact) mass is 1570 g/mol. The molecule has 8 unspecified atom stereocenters. The van der Waals surface area contributed by atoms with Gasteiger partial charge in [-0.2, -0.15) is 4.62 Å². The zero-order chi connectivity index (χ0) is 78.8. The highest BCUT2D eigenvalue weighted by atomic mass is 31.2. The molecule has 26 nitrogen and oxygen atoms in total. The number of ether oxygens (including phenoxy) is 5. The minimum atomic E-state index is -5.63. The van der Waals surface area contributed by atoms with Gasteiger partial charge in [-0.15, -0.1) is 0 Å². The predicted octanol–water partition coefficient (Wildman–Crippen LogP) is 16.1. The maximum Gasteiger partial charge on any atom is 0.488 e. The van der Waals surface area contributed by atoms with Gasteiger partial charge in [-0.1, -0.05) is 311 Å². The number of aliphatic hydroxyl groups excluding tert-OH is 4. The predicted molar refractivity (Wildman–Crippen MR) is 412 cm³/mol. The van der Waals surface area contributed by atoms with E-state index in [-0.39, 0.29) is 37.3 Å². The Balaban J connectivity index is 2.63. The summed E-state index contributed by atoms with van der Waals surface area (Å²) in [6.45, 7) is 8.79. The Hall–Kier alpha value is -2.75. The molecule has 0 aliphatic carbocycles. The number of hydrogen-bond donors (Lipinski definition) is 10. The average Bonchev–Trinajstić information content (AvgIpc) is 0.784. The molecule has 0 aromatic rings. The number of aliphatic hydroxyl groups is 4. The van der Waals surface area contributed by atoms with Crippen molar-refractivity contribution in [3.05, 3.63) is 0 Å². The van der Waals surface area contributed by atoms with Crippen LogP contribution in [0.1, 0.15) is 388 Å². The van der Waals surface area contributed by atoms with Crippen LogP contribution in [0.3, 0.4) is 0 Å². The minimum Gasteiger partial charge on any atom is -0.462 e. The number of nitrogens with one attached hydrogen (secondary N) is 2. The van der Waals surface area contributed by atoms with Gasteiger partial charge in [0.2, 0.25) is 11.8 Å². The van der Waals surface area contributed by atoms with Crippen LogP contribution in [0.4, 0.5) is 0 Å². The number of phosphoric ester groups is 1. The first-order chi connectivity index (χ1) is 51.5. The van der Waals surface area contributed by atoms with Crippen molar-refractivity contribution in [2.24, 2.45) is 0 Å². The molecule has 0 bridgehead atoms. The molecular weight excluding hydrogens is 1420 g/mol. The van der Waals surface area contributed by atoms with Crippen LogP contribution in [0.2, 0.25) is 0 Å². The van der Waals surface area contributed by atoms with Gasteiger partial charge in [-0.3, -0.25) is 33.3 Å². The van der Waals surface area contributed by atoms with Crippen LogP contribution in [0, 0.1) is 0 Å². The highest BCUT2D eigenvalue weighted by Gasteiger charge is 2.54. The van der Waals surface area contributed by atoms with E-state index in [0.29, 0.717) is 32.1 Å². The number of amides is 2. The second-order valence-electron chi connectivity index (χ2n) is 30.4. The van der Waals surface area contributed by atoms with Crippen LogP contribution in [-0.4, -0.2) is 162 Å². The molecule has 107 heavy (non-hydrogen) atoms. The molecule has 2 fully saturated rings. The average molecular weight is 1570 g/mol. The molecule has 630 valence electrons. The molecule has 12 atom stereocenters. The lowest BCUT2D eigenvalue weighted by Crippen LogP contribution is -2.68. The summed E-state index contributed by atoms with van der Waals surface area (Å²) in [7, 11) is -11.2. The van der Waals surface area contributed by atoms with E-state index in [1.165, 1.54) is 77.0 Å². The first kappa shape index (κ1) is 100. The third-order valence-corrected chi connectivity index (χ3v) is 21.2. The van der Waals surface area contributed by atoms with Crippen LogP contribution in [0.15, 0.2) is 0 Å². The van der Waals surface area contributed by atoms with Crippen molar-refractivity contribution in [1.82, 2.24) is 15.9 Å². The van der Waals surface area contributed by atoms with E-state index < -0.39 is 151 Å². The van der Waals surface area contributed by atoms with Gasteiger partial charge in [0.1, 0.15) is 48.8 Å². The van der Waals surface area contributed by atoms with E-state index in [9.17, 15) is 73.1 Å². The Morgan fingerprint density at radius 1 is 0.430 bits per heavy atom. The third-order valence-electron chi connectivity index (χ3n) is 20.3. The fourth-order valence-electron chi connectivity index (χ4n) is 14.0.